The molecule has 0 aliphatic carbocycles. The zero-order chi connectivity index (χ0) is 19.9. The molecule has 0 aliphatic rings. The van der Waals surface area contributed by atoms with Crippen molar-refractivity contribution in [2.45, 2.75) is 24.2 Å². The summed E-state index contributed by atoms with van der Waals surface area (Å²) in [4.78, 5) is 14.6. The minimum Gasteiger partial charge on any atom is -0.497 e. The topological polar surface area (TPSA) is 67.3 Å². The fraction of sp³-hybridized carbons (Fsp3) is 0.250. The number of rotatable bonds is 8. The number of nitrogens with one attached hydrogen (secondary N) is 1. The third-order valence-electron chi connectivity index (χ3n) is 3.87. The number of hydrogen-bond donors (Lipinski definition) is 1. The number of amides is 1. The van der Waals surface area contributed by atoms with E-state index in [-0.39, 0.29) is 11.9 Å². The molecule has 0 saturated carbocycles. The van der Waals surface area contributed by atoms with E-state index < -0.39 is 0 Å². The first-order valence-corrected chi connectivity index (χ1v) is 10.6. The van der Waals surface area contributed by atoms with Gasteiger partial charge in [0.15, 0.2) is 4.34 Å². The third-order valence-corrected chi connectivity index (χ3v) is 5.82. The van der Waals surface area contributed by atoms with Gasteiger partial charge in [-0.3, -0.25) is 4.79 Å². The van der Waals surface area contributed by atoms with Gasteiger partial charge in [-0.25, -0.2) is 0 Å². The van der Waals surface area contributed by atoms with Crippen molar-refractivity contribution in [1.82, 2.24) is 10.2 Å². The summed E-state index contributed by atoms with van der Waals surface area (Å²) in [5.74, 6) is 1.12. The Hall–Kier alpha value is -2.58. The standard InChI is InChI=1S/C20H22N4O2S2/c1-14(2)24(16-9-5-4-6-10-16)18(25)13-27-20-23-22-19(28-20)21-15-8-7-11-17(12-15)26-3/h4-12,14H,13H2,1-3H3,(H,21,22). The number of ether oxygens (including phenoxy) is 1. The molecule has 0 spiro atoms. The number of nitrogens with zero attached hydrogens (tertiary/aromatic N) is 3. The molecule has 1 amide bonds. The highest BCUT2D eigenvalue weighted by atomic mass is 32.2. The summed E-state index contributed by atoms with van der Waals surface area (Å²) < 4.78 is 5.97. The maximum atomic E-state index is 12.8. The largest absolute Gasteiger partial charge is 0.497 e. The summed E-state index contributed by atoms with van der Waals surface area (Å²) in [6, 6.07) is 17.4. The van der Waals surface area contributed by atoms with Crippen molar-refractivity contribution in [3.63, 3.8) is 0 Å². The van der Waals surface area contributed by atoms with Crippen molar-refractivity contribution in [2.24, 2.45) is 0 Å². The quantitative estimate of drug-likeness (QED) is 0.533. The zero-order valence-corrected chi connectivity index (χ0v) is 17.6. The van der Waals surface area contributed by atoms with E-state index in [4.69, 9.17) is 4.74 Å². The van der Waals surface area contributed by atoms with E-state index in [0.717, 1.165) is 21.5 Å². The first-order valence-electron chi connectivity index (χ1n) is 8.81. The molecule has 146 valence electrons. The summed E-state index contributed by atoms with van der Waals surface area (Å²) in [6.45, 7) is 4.02. The Morgan fingerprint density at radius 3 is 2.68 bits per heavy atom. The van der Waals surface area contributed by atoms with E-state index in [1.165, 1.54) is 23.1 Å². The lowest BCUT2D eigenvalue weighted by Crippen LogP contribution is -2.38. The van der Waals surface area contributed by atoms with Crippen LogP contribution in [0.3, 0.4) is 0 Å². The van der Waals surface area contributed by atoms with E-state index in [1.807, 2.05) is 73.3 Å². The van der Waals surface area contributed by atoms with Crippen LogP contribution in [0.1, 0.15) is 13.8 Å². The summed E-state index contributed by atoms with van der Waals surface area (Å²) >= 11 is 2.81. The number of methoxy groups -OCH3 is 1. The minimum absolute atomic E-state index is 0.0451. The molecular formula is C20H22N4O2S2. The van der Waals surface area contributed by atoms with Crippen LogP contribution < -0.4 is 15.0 Å². The number of anilines is 3. The van der Waals surface area contributed by atoms with E-state index >= 15 is 0 Å². The molecule has 0 aliphatic heterocycles. The maximum absolute atomic E-state index is 12.8. The van der Waals surface area contributed by atoms with Crippen LogP contribution in [0.5, 0.6) is 5.75 Å². The van der Waals surface area contributed by atoms with E-state index in [1.54, 1.807) is 7.11 Å². The van der Waals surface area contributed by atoms with Crippen LogP contribution in [-0.4, -0.2) is 35.0 Å². The van der Waals surface area contributed by atoms with Crippen LogP contribution in [-0.2, 0) is 4.79 Å². The smallest absolute Gasteiger partial charge is 0.237 e. The van der Waals surface area contributed by atoms with Crippen LogP contribution in [0.2, 0.25) is 0 Å². The molecule has 3 rings (SSSR count). The molecule has 1 aromatic heterocycles. The van der Waals surface area contributed by atoms with Crippen molar-refractivity contribution < 1.29 is 9.53 Å². The van der Waals surface area contributed by atoms with Gasteiger partial charge in [-0.2, -0.15) is 0 Å². The second-order valence-corrected chi connectivity index (χ2v) is 8.41. The fourth-order valence-electron chi connectivity index (χ4n) is 2.65. The Kier molecular flexibility index (Phi) is 6.89. The molecule has 1 N–H and O–H groups in total. The van der Waals surface area contributed by atoms with Gasteiger partial charge in [-0.1, -0.05) is 47.4 Å². The Balaban J connectivity index is 1.61. The average molecular weight is 415 g/mol. The van der Waals surface area contributed by atoms with Crippen molar-refractivity contribution in [3.05, 3.63) is 54.6 Å². The van der Waals surface area contributed by atoms with Crippen molar-refractivity contribution in [1.29, 1.82) is 0 Å². The normalized spacial score (nSPS) is 10.7. The number of carbonyl (C=O) groups excluding carboxylic acids is 1. The molecule has 0 bridgehead atoms. The van der Waals surface area contributed by atoms with E-state index in [9.17, 15) is 4.79 Å². The number of carbonyl (C=O) groups is 1. The van der Waals surface area contributed by atoms with Crippen molar-refractivity contribution in [2.75, 3.05) is 23.1 Å². The molecule has 0 fully saturated rings. The lowest BCUT2D eigenvalue weighted by atomic mass is 10.2. The first-order chi connectivity index (χ1) is 13.6. The van der Waals surface area contributed by atoms with Gasteiger partial charge in [-0.15, -0.1) is 10.2 Å². The molecule has 1 heterocycles. The van der Waals surface area contributed by atoms with E-state index in [0.29, 0.717) is 10.9 Å². The third kappa shape index (κ3) is 5.24. The van der Waals surface area contributed by atoms with Gasteiger partial charge in [0.2, 0.25) is 11.0 Å². The Bertz CT molecular complexity index is 915. The molecule has 0 atom stereocenters. The van der Waals surface area contributed by atoms with Gasteiger partial charge in [0.05, 0.1) is 12.9 Å². The summed E-state index contributed by atoms with van der Waals surface area (Å²) in [6.07, 6.45) is 0. The molecule has 0 saturated heterocycles. The molecular weight excluding hydrogens is 392 g/mol. The highest BCUT2D eigenvalue weighted by Crippen LogP contribution is 2.29. The zero-order valence-electron chi connectivity index (χ0n) is 16.0. The van der Waals surface area contributed by atoms with Crippen molar-refractivity contribution in [3.8, 4) is 5.75 Å². The predicted molar refractivity (Wildman–Crippen MR) is 116 cm³/mol. The SMILES string of the molecule is COc1cccc(Nc2nnc(SCC(=O)N(c3ccccc3)C(C)C)s2)c1. The number of benzene rings is 2. The molecule has 6 nitrogen and oxygen atoms in total. The van der Waals surface area contributed by atoms with Gasteiger partial charge >= 0.3 is 0 Å². The predicted octanol–water partition coefficient (Wildman–Crippen LogP) is 4.82. The maximum Gasteiger partial charge on any atom is 0.237 e. The average Bonchev–Trinajstić information content (AvgIpc) is 3.14. The van der Waals surface area contributed by atoms with Crippen molar-refractivity contribution >= 4 is 45.5 Å². The fourth-order valence-corrected chi connectivity index (χ4v) is 4.29. The summed E-state index contributed by atoms with van der Waals surface area (Å²) in [7, 11) is 1.63. The summed E-state index contributed by atoms with van der Waals surface area (Å²) in [5.41, 5.74) is 1.78. The number of aromatic nitrogens is 2. The first kappa shape index (κ1) is 20.2. The van der Waals surface area contributed by atoms with Crippen LogP contribution in [0.15, 0.2) is 58.9 Å². The molecule has 28 heavy (non-hydrogen) atoms. The molecule has 2 aromatic carbocycles. The lowest BCUT2D eigenvalue weighted by molar-refractivity contribution is -0.116. The Morgan fingerprint density at radius 1 is 1.18 bits per heavy atom. The van der Waals surface area contributed by atoms with Gasteiger partial charge in [0, 0.05) is 23.5 Å². The number of hydrogen-bond acceptors (Lipinski definition) is 7. The molecule has 8 heteroatoms. The van der Waals surface area contributed by atoms with Gasteiger partial charge < -0.3 is 15.0 Å². The Labute approximate surface area is 172 Å². The Morgan fingerprint density at radius 2 is 1.96 bits per heavy atom. The van der Waals surface area contributed by atoms with Gasteiger partial charge in [0.25, 0.3) is 0 Å². The number of thioether (sulfide) groups is 1. The monoisotopic (exact) mass is 414 g/mol. The van der Waals surface area contributed by atoms with Crippen LogP contribution in [0.25, 0.3) is 0 Å². The van der Waals surface area contributed by atoms with Crippen LogP contribution >= 0.6 is 23.1 Å². The highest BCUT2D eigenvalue weighted by molar-refractivity contribution is 8.01. The van der Waals surface area contributed by atoms with Crippen LogP contribution in [0, 0.1) is 0 Å². The molecule has 0 radical (unpaired) electrons. The minimum atomic E-state index is 0.0451. The molecule has 0 unspecified atom stereocenters. The summed E-state index contributed by atoms with van der Waals surface area (Å²) in [5, 5.41) is 12.2. The molecule has 3 aromatic rings. The van der Waals surface area contributed by atoms with Gasteiger partial charge in [0.1, 0.15) is 5.75 Å². The van der Waals surface area contributed by atoms with Crippen LogP contribution in [0.4, 0.5) is 16.5 Å². The highest BCUT2D eigenvalue weighted by Gasteiger charge is 2.19. The second kappa shape index (κ2) is 9.57. The number of para-hydroxylation sites is 1. The van der Waals surface area contributed by atoms with E-state index in [2.05, 4.69) is 15.5 Å². The second-order valence-electron chi connectivity index (χ2n) is 6.21. The van der Waals surface area contributed by atoms with Gasteiger partial charge in [-0.05, 0) is 38.1 Å². The lowest BCUT2D eigenvalue weighted by Gasteiger charge is -2.26.